The molecule has 0 bridgehead atoms. The largest absolute Gasteiger partial charge is 0.507 e. The number of piperidine rings is 1. The van der Waals surface area contributed by atoms with Crippen molar-refractivity contribution >= 4 is 10.9 Å². The Hall–Kier alpha value is -1.48. The van der Waals surface area contributed by atoms with Gasteiger partial charge in [0.25, 0.3) is 0 Å². The molecule has 1 saturated heterocycles. The molecule has 1 unspecified atom stereocenters. The van der Waals surface area contributed by atoms with Crippen LogP contribution in [0.25, 0.3) is 10.9 Å². The summed E-state index contributed by atoms with van der Waals surface area (Å²) in [5.74, 6) is 0.457. The molecule has 3 heteroatoms. The zero-order chi connectivity index (χ0) is 12.5. The standard InChI is InChI=1S/C15H20N2O/c1-10-9-17-13-6-5-11(15(18)14(10)13)8-12-4-2-3-7-16-12/h5-6,9,12,16-18H,2-4,7-8H2,1H3. The molecule has 18 heavy (non-hydrogen) atoms. The second kappa shape index (κ2) is 4.65. The number of phenols is 1. The van der Waals surface area contributed by atoms with Crippen molar-refractivity contribution in [3.63, 3.8) is 0 Å². The lowest BCUT2D eigenvalue weighted by molar-refractivity contribution is 0.392. The van der Waals surface area contributed by atoms with Crippen molar-refractivity contribution in [2.24, 2.45) is 0 Å². The summed E-state index contributed by atoms with van der Waals surface area (Å²) in [5.41, 5.74) is 3.19. The van der Waals surface area contributed by atoms with Crippen molar-refractivity contribution in [3.8, 4) is 5.75 Å². The molecule has 2 aromatic rings. The van der Waals surface area contributed by atoms with E-state index in [1.807, 2.05) is 19.2 Å². The first-order valence-electron chi connectivity index (χ1n) is 6.77. The lowest BCUT2D eigenvalue weighted by atomic mass is 9.96. The van der Waals surface area contributed by atoms with E-state index in [4.69, 9.17) is 0 Å². The van der Waals surface area contributed by atoms with Gasteiger partial charge in [0, 0.05) is 23.1 Å². The number of fused-ring (bicyclic) bond motifs is 1. The molecular weight excluding hydrogens is 224 g/mol. The Morgan fingerprint density at radius 2 is 2.22 bits per heavy atom. The number of aromatic hydroxyl groups is 1. The van der Waals surface area contributed by atoms with Gasteiger partial charge in [0.1, 0.15) is 5.75 Å². The number of aromatic nitrogens is 1. The zero-order valence-electron chi connectivity index (χ0n) is 10.8. The van der Waals surface area contributed by atoms with Gasteiger partial charge in [0.15, 0.2) is 0 Å². The predicted molar refractivity (Wildman–Crippen MR) is 74.0 cm³/mol. The number of aromatic amines is 1. The Labute approximate surface area is 107 Å². The van der Waals surface area contributed by atoms with Gasteiger partial charge in [-0.15, -0.1) is 0 Å². The number of benzene rings is 1. The van der Waals surface area contributed by atoms with Crippen molar-refractivity contribution in [2.75, 3.05) is 6.54 Å². The third-order valence-corrected chi connectivity index (χ3v) is 3.98. The minimum atomic E-state index is 0.457. The maximum atomic E-state index is 10.4. The number of rotatable bonds is 2. The number of phenolic OH excluding ortho intramolecular Hbond substituents is 1. The van der Waals surface area contributed by atoms with Crippen LogP contribution in [0.2, 0.25) is 0 Å². The number of aryl methyl sites for hydroxylation is 1. The molecule has 1 aliphatic rings. The third kappa shape index (κ3) is 1.99. The van der Waals surface area contributed by atoms with Crippen molar-refractivity contribution in [1.82, 2.24) is 10.3 Å². The lowest BCUT2D eigenvalue weighted by Crippen LogP contribution is -2.35. The monoisotopic (exact) mass is 244 g/mol. The second-order valence-electron chi connectivity index (χ2n) is 5.32. The van der Waals surface area contributed by atoms with Crippen LogP contribution in [0.1, 0.15) is 30.4 Å². The van der Waals surface area contributed by atoms with E-state index in [0.29, 0.717) is 11.8 Å². The Morgan fingerprint density at radius 3 is 3.00 bits per heavy atom. The normalized spacial score (nSPS) is 20.4. The first kappa shape index (κ1) is 11.6. The topological polar surface area (TPSA) is 48.0 Å². The highest BCUT2D eigenvalue weighted by Crippen LogP contribution is 2.32. The molecule has 0 amide bonds. The van der Waals surface area contributed by atoms with Gasteiger partial charge in [-0.25, -0.2) is 0 Å². The van der Waals surface area contributed by atoms with Crippen LogP contribution in [0.4, 0.5) is 0 Å². The maximum absolute atomic E-state index is 10.4. The van der Waals surface area contributed by atoms with Crippen molar-refractivity contribution in [1.29, 1.82) is 0 Å². The summed E-state index contributed by atoms with van der Waals surface area (Å²) in [6, 6.07) is 4.63. The van der Waals surface area contributed by atoms with Crippen molar-refractivity contribution in [3.05, 3.63) is 29.5 Å². The highest BCUT2D eigenvalue weighted by molar-refractivity contribution is 5.90. The fraction of sp³-hybridized carbons (Fsp3) is 0.467. The maximum Gasteiger partial charge on any atom is 0.128 e. The Kier molecular flexibility index (Phi) is 3.00. The molecule has 0 aliphatic carbocycles. The molecule has 0 saturated carbocycles. The summed E-state index contributed by atoms with van der Waals surface area (Å²) >= 11 is 0. The molecule has 1 atom stereocenters. The molecule has 3 N–H and O–H groups in total. The van der Waals surface area contributed by atoms with Gasteiger partial charge in [-0.2, -0.15) is 0 Å². The van der Waals surface area contributed by atoms with E-state index in [2.05, 4.69) is 16.4 Å². The van der Waals surface area contributed by atoms with Crippen LogP contribution in [0.3, 0.4) is 0 Å². The third-order valence-electron chi connectivity index (χ3n) is 3.98. The summed E-state index contributed by atoms with van der Waals surface area (Å²) in [7, 11) is 0. The fourth-order valence-electron chi connectivity index (χ4n) is 2.94. The van der Waals surface area contributed by atoms with Crippen LogP contribution in [0.5, 0.6) is 5.75 Å². The molecular formula is C15H20N2O. The fourth-order valence-corrected chi connectivity index (χ4v) is 2.94. The van der Waals surface area contributed by atoms with Crippen molar-refractivity contribution < 1.29 is 5.11 Å². The Balaban J connectivity index is 1.91. The molecule has 1 aliphatic heterocycles. The van der Waals surface area contributed by atoms with E-state index in [1.54, 1.807) is 0 Å². The number of H-pyrrole nitrogens is 1. The molecule has 0 radical (unpaired) electrons. The van der Waals surface area contributed by atoms with Gasteiger partial charge < -0.3 is 15.4 Å². The summed E-state index contributed by atoms with van der Waals surface area (Å²) < 4.78 is 0. The van der Waals surface area contributed by atoms with E-state index in [-0.39, 0.29) is 0 Å². The highest BCUT2D eigenvalue weighted by atomic mass is 16.3. The summed E-state index contributed by atoms with van der Waals surface area (Å²) in [6.07, 6.45) is 6.66. The smallest absolute Gasteiger partial charge is 0.128 e. The molecule has 0 spiro atoms. The second-order valence-corrected chi connectivity index (χ2v) is 5.32. The summed E-state index contributed by atoms with van der Waals surface area (Å²) in [5, 5.41) is 14.9. The van der Waals surface area contributed by atoms with E-state index in [0.717, 1.165) is 35.0 Å². The molecule has 2 heterocycles. The SMILES string of the molecule is Cc1c[nH]c2ccc(CC3CCCCN3)c(O)c12. The zero-order valence-corrected chi connectivity index (χ0v) is 10.8. The number of hydrogen-bond donors (Lipinski definition) is 3. The molecule has 3 rings (SSSR count). The van der Waals surface area contributed by atoms with Gasteiger partial charge in [0.2, 0.25) is 0 Å². The quantitative estimate of drug-likeness (QED) is 0.760. The number of nitrogens with one attached hydrogen (secondary N) is 2. The van der Waals surface area contributed by atoms with E-state index < -0.39 is 0 Å². The van der Waals surface area contributed by atoms with Gasteiger partial charge in [-0.3, -0.25) is 0 Å². The molecule has 1 aromatic heterocycles. The minimum Gasteiger partial charge on any atom is -0.507 e. The lowest BCUT2D eigenvalue weighted by Gasteiger charge is -2.23. The van der Waals surface area contributed by atoms with Gasteiger partial charge in [-0.1, -0.05) is 12.5 Å². The van der Waals surface area contributed by atoms with Gasteiger partial charge in [0.05, 0.1) is 0 Å². The van der Waals surface area contributed by atoms with Crippen LogP contribution < -0.4 is 5.32 Å². The first-order valence-corrected chi connectivity index (χ1v) is 6.77. The van der Waals surface area contributed by atoms with Crippen LogP contribution in [-0.4, -0.2) is 22.7 Å². The molecule has 1 aromatic carbocycles. The van der Waals surface area contributed by atoms with Crippen molar-refractivity contribution in [2.45, 2.75) is 38.6 Å². The molecule has 1 fully saturated rings. The molecule has 96 valence electrons. The van der Waals surface area contributed by atoms with Crippen LogP contribution in [0.15, 0.2) is 18.3 Å². The molecule has 3 nitrogen and oxygen atoms in total. The average Bonchev–Trinajstić information content (AvgIpc) is 2.77. The highest BCUT2D eigenvalue weighted by Gasteiger charge is 2.16. The minimum absolute atomic E-state index is 0.457. The average molecular weight is 244 g/mol. The Bertz CT molecular complexity index is 553. The number of hydrogen-bond acceptors (Lipinski definition) is 2. The Morgan fingerprint density at radius 1 is 1.33 bits per heavy atom. The summed E-state index contributed by atoms with van der Waals surface area (Å²) in [4.78, 5) is 3.18. The van der Waals surface area contributed by atoms with Crippen LogP contribution >= 0.6 is 0 Å². The van der Waals surface area contributed by atoms with Crippen LogP contribution in [0, 0.1) is 6.92 Å². The van der Waals surface area contributed by atoms with E-state index in [9.17, 15) is 5.11 Å². The van der Waals surface area contributed by atoms with Gasteiger partial charge >= 0.3 is 0 Å². The van der Waals surface area contributed by atoms with E-state index in [1.165, 1.54) is 19.3 Å². The van der Waals surface area contributed by atoms with Crippen LogP contribution in [-0.2, 0) is 6.42 Å². The van der Waals surface area contributed by atoms with Gasteiger partial charge in [-0.05, 0) is 49.9 Å². The van der Waals surface area contributed by atoms with E-state index >= 15 is 0 Å². The summed E-state index contributed by atoms with van der Waals surface area (Å²) in [6.45, 7) is 3.14. The predicted octanol–water partition coefficient (Wildman–Crippen LogP) is 2.87. The first-order chi connectivity index (χ1) is 8.75.